The molecule has 0 atom stereocenters. The van der Waals surface area contributed by atoms with Crippen molar-refractivity contribution in [2.75, 3.05) is 26.1 Å². The molecule has 0 saturated carbocycles. The number of anilines is 1. The van der Waals surface area contributed by atoms with Crippen LogP contribution in [0.5, 0.6) is 5.75 Å². The molecule has 84 valence electrons. The lowest BCUT2D eigenvalue weighted by Crippen LogP contribution is -2.10. The Morgan fingerprint density at radius 2 is 2.00 bits per heavy atom. The van der Waals surface area contributed by atoms with Gasteiger partial charge in [-0.3, -0.25) is 0 Å². The minimum Gasteiger partial charge on any atom is -0.496 e. The summed E-state index contributed by atoms with van der Waals surface area (Å²) in [6.07, 6.45) is 0. The van der Waals surface area contributed by atoms with E-state index >= 15 is 0 Å². The summed E-state index contributed by atoms with van der Waals surface area (Å²) in [4.78, 5) is 6.23. The normalized spacial score (nSPS) is 10.5. The van der Waals surface area contributed by atoms with Gasteiger partial charge in [-0.1, -0.05) is 23.7 Å². The second kappa shape index (κ2) is 4.18. The van der Waals surface area contributed by atoms with Crippen molar-refractivity contribution in [3.63, 3.8) is 0 Å². The fraction of sp³-hybridized carbons (Fsp3) is 0.250. The first-order valence-corrected chi connectivity index (χ1v) is 5.32. The van der Waals surface area contributed by atoms with Gasteiger partial charge in [0.1, 0.15) is 16.7 Å². The molecular formula is C12H13ClN2O. The Balaban J connectivity index is 2.77. The number of pyridine rings is 1. The molecule has 4 heteroatoms. The van der Waals surface area contributed by atoms with Crippen molar-refractivity contribution in [2.24, 2.45) is 0 Å². The van der Waals surface area contributed by atoms with E-state index in [1.54, 1.807) is 7.11 Å². The van der Waals surface area contributed by atoms with Crippen LogP contribution in [0.2, 0.25) is 5.15 Å². The third kappa shape index (κ3) is 1.78. The van der Waals surface area contributed by atoms with E-state index in [4.69, 9.17) is 16.3 Å². The van der Waals surface area contributed by atoms with Gasteiger partial charge in [-0.05, 0) is 12.1 Å². The molecule has 0 amide bonds. The van der Waals surface area contributed by atoms with E-state index in [0.29, 0.717) is 5.15 Å². The molecule has 0 radical (unpaired) electrons. The molecule has 0 aliphatic rings. The Morgan fingerprint density at radius 1 is 1.25 bits per heavy atom. The van der Waals surface area contributed by atoms with Crippen LogP contribution in [0, 0.1) is 0 Å². The molecule has 1 aromatic heterocycles. The Bertz CT molecular complexity index is 526. The molecule has 0 fully saturated rings. The first-order valence-electron chi connectivity index (χ1n) is 4.94. The van der Waals surface area contributed by atoms with Crippen LogP contribution < -0.4 is 9.64 Å². The minimum absolute atomic E-state index is 0.500. The van der Waals surface area contributed by atoms with E-state index in [0.717, 1.165) is 22.3 Å². The monoisotopic (exact) mass is 236 g/mol. The summed E-state index contributed by atoms with van der Waals surface area (Å²) < 4.78 is 5.31. The topological polar surface area (TPSA) is 25.4 Å². The molecule has 0 aliphatic heterocycles. The zero-order chi connectivity index (χ0) is 11.7. The summed E-state index contributed by atoms with van der Waals surface area (Å²) in [5.74, 6) is 1.63. The van der Waals surface area contributed by atoms with Crippen LogP contribution in [0.25, 0.3) is 10.8 Å². The standard InChI is InChI=1S/C12H13ClN2O/c1-15(2)11-7-9-8(12(13)14-11)5-4-6-10(9)16-3/h4-7H,1-3H3. The second-order valence-electron chi connectivity index (χ2n) is 3.72. The van der Waals surface area contributed by atoms with Crippen molar-refractivity contribution < 1.29 is 4.74 Å². The van der Waals surface area contributed by atoms with E-state index in [-0.39, 0.29) is 0 Å². The van der Waals surface area contributed by atoms with Crippen molar-refractivity contribution in [1.29, 1.82) is 0 Å². The van der Waals surface area contributed by atoms with Crippen molar-refractivity contribution in [1.82, 2.24) is 4.98 Å². The largest absolute Gasteiger partial charge is 0.496 e. The summed E-state index contributed by atoms with van der Waals surface area (Å²) >= 11 is 6.14. The molecule has 2 rings (SSSR count). The first-order chi connectivity index (χ1) is 7.63. The van der Waals surface area contributed by atoms with Crippen molar-refractivity contribution in [2.45, 2.75) is 0 Å². The molecule has 0 bridgehead atoms. The van der Waals surface area contributed by atoms with E-state index in [1.807, 2.05) is 43.3 Å². The number of aromatic nitrogens is 1. The highest BCUT2D eigenvalue weighted by Crippen LogP contribution is 2.32. The van der Waals surface area contributed by atoms with Gasteiger partial charge in [0.05, 0.1) is 7.11 Å². The molecule has 1 heterocycles. The number of halogens is 1. The number of ether oxygens (including phenoxy) is 1. The van der Waals surface area contributed by atoms with Crippen LogP contribution >= 0.6 is 11.6 Å². The van der Waals surface area contributed by atoms with E-state index < -0.39 is 0 Å². The average molecular weight is 237 g/mol. The number of hydrogen-bond acceptors (Lipinski definition) is 3. The highest BCUT2D eigenvalue weighted by molar-refractivity contribution is 6.34. The SMILES string of the molecule is COc1cccc2c(Cl)nc(N(C)C)cc12. The Kier molecular flexibility index (Phi) is 2.88. The van der Waals surface area contributed by atoms with Crippen LogP contribution in [0.1, 0.15) is 0 Å². The average Bonchev–Trinajstić information content (AvgIpc) is 2.28. The van der Waals surface area contributed by atoms with Crippen molar-refractivity contribution in [3.05, 3.63) is 29.4 Å². The summed E-state index contributed by atoms with van der Waals surface area (Å²) in [6, 6.07) is 7.73. The molecular weight excluding hydrogens is 224 g/mol. The number of nitrogens with zero attached hydrogens (tertiary/aromatic N) is 2. The quantitative estimate of drug-likeness (QED) is 0.750. The van der Waals surface area contributed by atoms with Crippen molar-refractivity contribution in [3.8, 4) is 5.75 Å². The first kappa shape index (κ1) is 11.0. The lowest BCUT2D eigenvalue weighted by Gasteiger charge is -2.14. The maximum absolute atomic E-state index is 6.14. The van der Waals surface area contributed by atoms with Gasteiger partial charge in [-0.2, -0.15) is 0 Å². The molecule has 0 spiro atoms. The molecule has 0 saturated heterocycles. The summed E-state index contributed by atoms with van der Waals surface area (Å²) in [5.41, 5.74) is 0. The zero-order valence-corrected chi connectivity index (χ0v) is 10.2. The Labute approximate surface area is 99.6 Å². The van der Waals surface area contributed by atoms with Gasteiger partial charge in [0.2, 0.25) is 0 Å². The van der Waals surface area contributed by atoms with Gasteiger partial charge >= 0.3 is 0 Å². The number of methoxy groups -OCH3 is 1. The van der Waals surface area contributed by atoms with Gasteiger partial charge in [0, 0.05) is 24.9 Å². The summed E-state index contributed by atoms with van der Waals surface area (Å²) in [5, 5.41) is 2.39. The minimum atomic E-state index is 0.500. The van der Waals surface area contributed by atoms with E-state index in [9.17, 15) is 0 Å². The lowest BCUT2D eigenvalue weighted by atomic mass is 10.1. The molecule has 0 aliphatic carbocycles. The van der Waals surface area contributed by atoms with Gasteiger partial charge in [-0.25, -0.2) is 4.98 Å². The molecule has 3 nitrogen and oxygen atoms in total. The van der Waals surface area contributed by atoms with Gasteiger partial charge in [0.25, 0.3) is 0 Å². The van der Waals surface area contributed by atoms with E-state index in [2.05, 4.69) is 4.98 Å². The van der Waals surface area contributed by atoms with Crippen LogP contribution in [-0.2, 0) is 0 Å². The van der Waals surface area contributed by atoms with Crippen LogP contribution in [0.15, 0.2) is 24.3 Å². The number of rotatable bonds is 2. The van der Waals surface area contributed by atoms with Gasteiger partial charge < -0.3 is 9.64 Å². The summed E-state index contributed by atoms with van der Waals surface area (Å²) in [6.45, 7) is 0. The predicted octanol–water partition coefficient (Wildman–Crippen LogP) is 2.96. The number of fused-ring (bicyclic) bond motifs is 1. The third-order valence-electron chi connectivity index (χ3n) is 2.45. The maximum atomic E-state index is 6.14. The van der Waals surface area contributed by atoms with Crippen LogP contribution in [-0.4, -0.2) is 26.2 Å². The van der Waals surface area contributed by atoms with Crippen molar-refractivity contribution >= 4 is 28.2 Å². The number of benzene rings is 1. The summed E-state index contributed by atoms with van der Waals surface area (Å²) in [7, 11) is 5.51. The van der Waals surface area contributed by atoms with Gasteiger partial charge in [-0.15, -0.1) is 0 Å². The zero-order valence-electron chi connectivity index (χ0n) is 9.49. The highest BCUT2D eigenvalue weighted by Gasteiger charge is 2.08. The van der Waals surface area contributed by atoms with Crippen LogP contribution in [0.4, 0.5) is 5.82 Å². The maximum Gasteiger partial charge on any atom is 0.139 e. The third-order valence-corrected chi connectivity index (χ3v) is 2.74. The molecule has 16 heavy (non-hydrogen) atoms. The van der Waals surface area contributed by atoms with Gasteiger partial charge in [0.15, 0.2) is 0 Å². The smallest absolute Gasteiger partial charge is 0.139 e. The number of hydrogen-bond donors (Lipinski definition) is 0. The van der Waals surface area contributed by atoms with Crippen LogP contribution in [0.3, 0.4) is 0 Å². The second-order valence-corrected chi connectivity index (χ2v) is 4.08. The highest BCUT2D eigenvalue weighted by atomic mass is 35.5. The Hall–Kier alpha value is -1.48. The fourth-order valence-electron chi connectivity index (χ4n) is 1.60. The Morgan fingerprint density at radius 3 is 2.62 bits per heavy atom. The fourth-order valence-corrected chi connectivity index (χ4v) is 1.85. The molecule has 0 N–H and O–H groups in total. The molecule has 1 aromatic carbocycles. The molecule has 0 unspecified atom stereocenters. The predicted molar refractivity (Wildman–Crippen MR) is 67.6 cm³/mol. The lowest BCUT2D eigenvalue weighted by molar-refractivity contribution is 0.420. The molecule has 2 aromatic rings. The van der Waals surface area contributed by atoms with E-state index in [1.165, 1.54) is 0 Å².